The van der Waals surface area contributed by atoms with Crippen molar-refractivity contribution in [3.8, 4) is 5.75 Å². The lowest BCUT2D eigenvalue weighted by Gasteiger charge is -2.29. The highest BCUT2D eigenvalue weighted by Crippen LogP contribution is 2.31. The second-order valence-corrected chi connectivity index (χ2v) is 9.35. The van der Waals surface area contributed by atoms with Crippen molar-refractivity contribution in [3.05, 3.63) is 64.7 Å². The predicted molar refractivity (Wildman–Crippen MR) is 124 cm³/mol. The van der Waals surface area contributed by atoms with Crippen LogP contribution in [0, 0.1) is 5.92 Å². The summed E-state index contributed by atoms with van der Waals surface area (Å²) in [5.74, 6) is 0.911. The fourth-order valence-electron chi connectivity index (χ4n) is 5.38. The molecule has 1 saturated carbocycles. The molecule has 5 rings (SSSR count). The number of hydrogen-bond acceptors (Lipinski definition) is 4. The lowest BCUT2D eigenvalue weighted by molar-refractivity contribution is 0.0746. The van der Waals surface area contributed by atoms with Gasteiger partial charge in [-0.2, -0.15) is 0 Å². The molecule has 5 nitrogen and oxygen atoms in total. The van der Waals surface area contributed by atoms with Crippen LogP contribution in [0.2, 0.25) is 0 Å². The molecule has 0 spiro atoms. The number of Topliss-reactive ketones (excluding diaryl/α,β-unsaturated/α-hetero) is 1. The van der Waals surface area contributed by atoms with Crippen LogP contribution in [0.3, 0.4) is 0 Å². The standard InChI is InChI=1S/C27H32N2O3/c30-26(21-7-2-3-8-21)22-10-11-24-25(18-22)32-17-16-29(27(24)31)14-5-13-28-15-12-20-6-1-4-9-23(20)19-28/h1,4,6,9-11,18,21H,2-3,5,7-8,12-17,19H2. The first-order chi connectivity index (χ1) is 15.7. The van der Waals surface area contributed by atoms with E-state index in [4.69, 9.17) is 4.74 Å². The summed E-state index contributed by atoms with van der Waals surface area (Å²) in [4.78, 5) is 30.3. The molecule has 168 valence electrons. The summed E-state index contributed by atoms with van der Waals surface area (Å²) in [5.41, 5.74) is 4.15. The van der Waals surface area contributed by atoms with Crippen LogP contribution in [0.1, 0.15) is 63.9 Å². The van der Waals surface area contributed by atoms with E-state index in [0.29, 0.717) is 30.0 Å². The zero-order valence-corrected chi connectivity index (χ0v) is 18.7. The van der Waals surface area contributed by atoms with Gasteiger partial charge < -0.3 is 9.64 Å². The highest BCUT2D eigenvalue weighted by molar-refractivity contribution is 6.02. The lowest BCUT2D eigenvalue weighted by atomic mass is 9.95. The molecule has 0 atom stereocenters. The third kappa shape index (κ3) is 4.44. The average molecular weight is 433 g/mol. The molecule has 2 heterocycles. The predicted octanol–water partition coefficient (Wildman–Crippen LogP) is 4.34. The third-order valence-corrected chi connectivity index (χ3v) is 7.24. The molecular formula is C27H32N2O3. The van der Waals surface area contributed by atoms with E-state index >= 15 is 0 Å². The second-order valence-electron chi connectivity index (χ2n) is 9.35. The summed E-state index contributed by atoms with van der Waals surface area (Å²) < 4.78 is 5.91. The summed E-state index contributed by atoms with van der Waals surface area (Å²) in [6.45, 7) is 4.84. The molecular weight excluding hydrogens is 400 g/mol. The maximum absolute atomic E-state index is 13.2. The van der Waals surface area contributed by atoms with Crippen molar-refractivity contribution in [2.24, 2.45) is 5.92 Å². The Kier molecular flexibility index (Phi) is 6.26. The van der Waals surface area contributed by atoms with Crippen LogP contribution in [0.25, 0.3) is 0 Å². The van der Waals surface area contributed by atoms with Crippen molar-refractivity contribution in [1.29, 1.82) is 0 Å². The van der Waals surface area contributed by atoms with E-state index in [1.165, 1.54) is 11.1 Å². The van der Waals surface area contributed by atoms with Gasteiger partial charge in [0.25, 0.3) is 5.91 Å². The maximum atomic E-state index is 13.2. The van der Waals surface area contributed by atoms with Crippen LogP contribution in [-0.2, 0) is 13.0 Å². The van der Waals surface area contributed by atoms with E-state index in [2.05, 4.69) is 29.2 Å². The highest BCUT2D eigenvalue weighted by Gasteiger charge is 2.28. The van der Waals surface area contributed by atoms with Crippen LogP contribution in [0.5, 0.6) is 5.75 Å². The fourth-order valence-corrected chi connectivity index (χ4v) is 5.38. The minimum absolute atomic E-state index is 0.0151. The minimum Gasteiger partial charge on any atom is -0.491 e. The van der Waals surface area contributed by atoms with E-state index in [9.17, 15) is 9.59 Å². The van der Waals surface area contributed by atoms with Crippen LogP contribution in [-0.4, -0.2) is 54.3 Å². The number of hydrogen-bond donors (Lipinski definition) is 0. The van der Waals surface area contributed by atoms with E-state index in [0.717, 1.165) is 64.7 Å². The summed E-state index contributed by atoms with van der Waals surface area (Å²) in [6, 6.07) is 14.1. The largest absolute Gasteiger partial charge is 0.491 e. The Hall–Kier alpha value is -2.66. The molecule has 1 fully saturated rings. The normalized spacial score (nSPS) is 19.2. The van der Waals surface area contributed by atoms with Crippen molar-refractivity contribution in [2.75, 3.05) is 32.8 Å². The molecule has 0 saturated heterocycles. The molecule has 32 heavy (non-hydrogen) atoms. The van der Waals surface area contributed by atoms with E-state index in [1.54, 1.807) is 12.1 Å². The Labute approximate surface area is 190 Å². The molecule has 0 unspecified atom stereocenters. The zero-order chi connectivity index (χ0) is 21.9. The van der Waals surface area contributed by atoms with E-state index in [1.807, 2.05) is 11.0 Å². The van der Waals surface area contributed by atoms with Gasteiger partial charge in [-0.05, 0) is 48.9 Å². The molecule has 3 aliphatic rings. The molecule has 2 aromatic rings. The van der Waals surface area contributed by atoms with Gasteiger partial charge in [-0.1, -0.05) is 43.2 Å². The topological polar surface area (TPSA) is 49.9 Å². The fraction of sp³-hybridized carbons (Fsp3) is 0.481. The molecule has 5 heteroatoms. The van der Waals surface area contributed by atoms with Gasteiger partial charge in [-0.15, -0.1) is 0 Å². The molecule has 1 amide bonds. The van der Waals surface area contributed by atoms with Gasteiger partial charge in [0.2, 0.25) is 0 Å². The zero-order valence-electron chi connectivity index (χ0n) is 18.7. The van der Waals surface area contributed by atoms with E-state index in [-0.39, 0.29) is 17.6 Å². The first-order valence-corrected chi connectivity index (χ1v) is 12.1. The van der Waals surface area contributed by atoms with Crippen molar-refractivity contribution >= 4 is 11.7 Å². The van der Waals surface area contributed by atoms with Crippen molar-refractivity contribution in [1.82, 2.24) is 9.80 Å². The van der Waals surface area contributed by atoms with E-state index < -0.39 is 0 Å². The van der Waals surface area contributed by atoms with Gasteiger partial charge in [-0.25, -0.2) is 0 Å². The van der Waals surface area contributed by atoms with Gasteiger partial charge in [0, 0.05) is 37.7 Å². The quantitative estimate of drug-likeness (QED) is 0.637. The van der Waals surface area contributed by atoms with Gasteiger partial charge in [0.15, 0.2) is 5.78 Å². The first-order valence-electron chi connectivity index (χ1n) is 12.1. The number of carbonyl (C=O) groups is 2. The number of benzene rings is 2. The molecule has 2 aliphatic heterocycles. The second kappa shape index (κ2) is 9.45. The molecule has 0 bridgehead atoms. The monoisotopic (exact) mass is 432 g/mol. The minimum atomic E-state index is 0.0151. The lowest BCUT2D eigenvalue weighted by Crippen LogP contribution is -2.36. The third-order valence-electron chi connectivity index (χ3n) is 7.24. The van der Waals surface area contributed by atoms with Crippen LogP contribution < -0.4 is 4.74 Å². The number of amides is 1. The SMILES string of the molecule is O=C(c1ccc2c(c1)OCCN(CCCN1CCc3ccccc3C1)C2=O)C1CCCC1. The molecule has 0 aromatic heterocycles. The van der Waals surface area contributed by atoms with Crippen LogP contribution in [0.15, 0.2) is 42.5 Å². The summed E-state index contributed by atoms with van der Waals surface area (Å²) in [6.07, 6.45) is 6.27. The van der Waals surface area contributed by atoms with Crippen molar-refractivity contribution in [2.45, 2.75) is 45.1 Å². The van der Waals surface area contributed by atoms with Gasteiger partial charge >= 0.3 is 0 Å². The Morgan fingerprint density at radius 1 is 1.00 bits per heavy atom. The Bertz CT molecular complexity index is 996. The molecule has 1 aliphatic carbocycles. The number of ether oxygens (including phenoxy) is 1. The highest BCUT2D eigenvalue weighted by atomic mass is 16.5. The first kappa shape index (κ1) is 21.2. The van der Waals surface area contributed by atoms with Gasteiger partial charge in [-0.3, -0.25) is 14.5 Å². The van der Waals surface area contributed by atoms with Gasteiger partial charge in [0.05, 0.1) is 12.1 Å². The Balaban J connectivity index is 1.19. The average Bonchev–Trinajstić information content (AvgIpc) is 3.32. The number of nitrogens with zero attached hydrogens (tertiary/aromatic N) is 2. The summed E-state index contributed by atoms with van der Waals surface area (Å²) >= 11 is 0. The molecule has 2 aromatic carbocycles. The number of fused-ring (bicyclic) bond motifs is 2. The Morgan fingerprint density at radius 3 is 2.66 bits per heavy atom. The van der Waals surface area contributed by atoms with Crippen LogP contribution in [0.4, 0.5) is 0 Å². The maximum Gasteiger partial charge on any atom is 0.257 e. The number of rotatable bonds is 6. The summed E-state index contributed by atoms with van der Waals surface area (Å²) in [7, 11) is 0. The summed E-state index contributed by atoms with van der Waals surface area (Å²) in [5, 5.41) is 0. The smallest absolute Gasteiger partial charge is 0.257 e. The van der Waals surface area contributed by atoms with Crippen molar-refractivity contribution in [3.63, 3.8) is 0 Å². The number of ketones is 1. The Morgan fingerprint density at radius 2 is 1.81 bits per heavy atom. The molecule has 0 N–H and O–H groups in total. The number of carbonyl (C=O) groups excluding carboxylic acids is 2. The van der Waals surface area contributed by atoms with Crippen LogP contribution >= 0.6 is 0 Å². The molecule has 0 radical (unpaired) electrons. The van der Waals surface area contributed by atoms with Crippen molar-refractivity contribution < 1.29 is 14.3 Å². The van der Waals surface area contributed by atoms with Gasteiger partial charge in [0.1, 0.15) is 12.4 Å².